The fraction of sp³-hybridized carbons (Fsp3) is 0.261. The second-order valence-electron chi connectivity index (χ2n) is 7.12. The Balaban J connectivity index is 1.75. The van der Waals surface area contributed by atoms with E-state index in [0.717, 1.165) is 35.4 Å². The van der Waals surface area contributed by atoms with Crippen molar-refractivity contribution in [2.75, 3.05) is 13.7 Å². The number of phenols is 1. The van der Waals surface area contributed by atoms with Crippen molar-refractivity contribution in [1.29, 1.82) is 0 Å². The molecule has 0 aliphatic carbocycles. The molecule has 1 aromatic heterocycles. The van der Waals surface area contributed by atoms with E-state index in [0.29, 0.717) is 30.2 Å². The van der Waals surface area contributed by atoms with Crippen molar-refractivity contribution in [3.05, 3.63) is 71.2 Å². The standard InChI is InChI=1S/C23H23N3O3/c1-15-24-20-7-5-13-26(23(28)18-6-3-4-8-21(18)29-2)14-19(20)22(25-15)16-9-11-17(27)12-10-16/h3-4,6,8-12,27H,5,7,13-14H2,1-2H3. The van der Waals surface area contributed by atoms with Crippen LogP contribution in [0.3, 0.4) is 0 Å². The molecule has 1 aliphatic heterocycles. The SMILES string of the molecule is COc1ccccc1C(=O)N1CCCc2nc(C)nc(-c3ccc(O)cc3)c2C1. The van der Waals surface area contributed by atoms with Gasteiger partial charge in [-0.15, -0.1) is 0 Å². The van der Waals surface area contributed by atoms with Crippen LogP contribution in [-0.2, 0) is 13.0 Å². The lowest BCUT2D eigenvalue weighted by Gasteiger charge is -2.23. The topological polar surface area (TPSA) is 75.5 Å². The van der Waals surface area contributed by atoms with Crippen LogP contribution < -0.4 is 4.74 Å². The van der Waals surface area contributed by atoms with Crippen molar-refractivity contribution >= 4 is 5.91 Å². The Morgan fingerprint density at radius 3 is 2.62 bits per heavy atom. The van der Waals surface area contributed by atoms with Gasteiger partial charge in [0.05, 0.1) is 18.4 Å². The molecule has 0 bridgehead atoms. The van der Waals surface area contributed by atoms with Gasteiger partial charge in [0.25, 0.3) is 5.91 Å². The average Bonchev–Trinajstić information content (AvgIpc) is 2.95. The number of aryl methyl sites for hydroxylation is 2. The number of carbonyl (C=O) groups is 1. The van der Waals surface area contributed by atoms with E-state index >= 15 is 0 Å². The molecule has 148 valence electrons. The molecule has 4 rings (SSSR count). The van der Waals surface area contributed by atoms with Gasteiger partial charge in [-0.1, -0.05) is 12.1 Å². The number of hydrogen-bond acceptors (Lipinski definition) is 5. The molecule has 0 spiro atoms. The van der Waals surface area contributed by atoms with E-state index in [1.807, 2.05) is 36.1 Å². The van der Waals surface area contributed by atoms with E-state index in [1.165, 1.54) is 0 Å². The molecule has 0 atom stereocenters. The first kappa shape index (κ1) is 18.9. The summed E-state index contributed by atoms with van der Waals surface area (Å²) in [5.41, 5.74) is 4.21. The smallest absolute Gasteiger partial charge is 0.257 e. The molecule has 1 amide bonds. The van der Waals surface area contributed by atoms with E-state index in [4.69, 9.17) is 4.74 Å². The third-order valence-corrected chi connectivity index (χ3v) is 5.16. The molecule has 1 N–H and O–H groups in total. The van der Waals surface area contributed by atoms with E-state index in [1.54, 1.807) is 31.4 Å². The molecule has 6 heteroatoms. The first-order chi connectivity index (χ1) is 14.1. The van der Waals surface area contributed by atoms with Crippen molar-refractivity contribution in [3.63, 3.8) is 0 Å². The maximum absolute atomic E-state index is 13.3. The van der Waals surface area contributed by atoms with Gasteiger partial charge in [-0.05, 0) is 56.2 Å². The minimum atomic E-state index is -0.0625. The molecule has 1 aliphatic rings. The number of nitrogens with zero attached hydrogens (tertiary/aromatic N) is 3. The Hall–Kier alpha value is -3.41. The maximum Gasteiger partial charge on any atom is 0.257 e. The summed E-state index contributed by atoms with van der Waals surface area (Å²) in [6, 6.07) is 14.3. The third-order valence-electron chi connectivity index (χ3n) is 5.16. The molecule has 6 nitrogen and oxygen atoms in total. The minimum Gasteiger partial charge on any atom is -0.508 e. The molecule has 0 fully saturated rings. The molecular formula is C23H23N3O3. The number of para-hydroxylation sites is 1. The highest BCUT2D eigenvalue weighted by Gasteiger charge is 2.26. The number of rotatable bonds is 3. The summed E-state index contributed by atoms with van der Waals surface area (Å²) in [5.74, 6) is 1.42. The van der Waals surface area contributed by atoms with E-state index in [-0.39, 0.29) is 11.7 Å². The lowest BCUT2D eigenvalue weighted by Crippen LogP contribution is -2.31. The molecule has 0 unspecified atom stereocenters. The van der Waals surface area contributed by atoms with Crippen LogP contribution in [0.4, 0.5) is 0 Å². The van der Waals surface area contributed by atoms with Gasteiger partial charge in [0.15, 0.2) is 0 Å². The Morgan fingerprint density at radius 1 is 1.10 bits per heavy atom. The number of amides is 1. The van der Waals surface area contributed by atoms with Gasteiger partial charge in [0.1, 0.15) is 17.3 Å². The second-order valence-corrected chi connectivity index (χ2v) is 7.12. The lowest BCUT2D eigenvalue weighted by atomic mass is 10.0. The number of benzene rings is 2. The fourth-order valence-electron chi connectivity index (χ4n) is 3.76. The van der Waals surface area contributed by atoms with Gasteiger partial charge in [0, 0.05) is 29.9 Å². The molecule has 3 aromatic rings. The van der Waals surface area contributed by atoms with Crippen LogP contribution in [0.25, 0.3) is 11.3 Å². The number of hydrogen-bond donors (Lipinski definition) is 1. The highest BCUT2D eigenvalue weighted by atomic mass is 16.5. The predicted octanol–water partition coefficient (Wildman–Crippen LogP) is 3.75. The summed E-state index contributed by atoms with van der Waals surface area (Å²) in [6.07, 6.45) is 1.62. The maximum atomic E-state index is 13.3. The minimum absolute atomic E-state index is 0.0625. The van der Waals surface area contributed by atoms with Crippen LogP contribution in [0.15, 0.2) is 48.5 Å². The first-order valence-electron chi connectivity index (χ1n) is 9.65. The number of carbonyl (C=O) groups excluding carboxylic acids is 1. The number of methoxy groups -OCH3 is 1. The Kier molecular flexibility index (Phi) is 5.16. The molecule has 0 saturated heterocycles. The molecule has 0 saturated carbocycles. The zero-order valence-corrected chi connectivity index (χ0v) is 16.6. The average molecular weight is 389 g/mol. The van der Waals surface area contributed by atoms with Gasteiger partial charge < -0.3 is 14.7 Å². The van der Waals surface area contributed by atoms with Crippen LogP contribution >= 0.6 is 0 Å². The molecule has 2 heterocycles. The van der Waals surface area contributed by atoms with Crippen molar-refractivity contribution in [3.8, 4) is 22.8 Å². The molecule has 0 radical (unpaired) electrons. The lowest BCUT2D eigenvalue weighted by molar-refractivity contribution is 0.0742. The number of fused-ring (bicyclic) bond motifs is 1. The zero-order valence-electron chi connectivity index (χ0n) is 16.6. The fourth-order valence-corrected chi connectivity index (χ4v) is 3.76. The molecular weight excluding hydrogens is 366 g/mol. The van der Waals surface area contributed by atoms with Crippen LogP contribution in [0.1, 0.15) is 33.9 Å². The summed E-state index contributed by atoms with van der Waals surface area (Å²) < 4.78 is 5.38. The van der Waals surface area contributed by atoms with Crippen molar-refractivity contribution in [1.82, 2.24) is 14.9 Å². The van der Waals surface area contributed by atoms with Gasteiger partial charge >= 0.3 is 0 Å². The van der Waals surface area contributed by atoms with Crippen molar-refractivity contribution in [2.24, 2.45) is 0 Å². The summed E-state index contributed by atoms with van der Waals surface area (Å²) in [7, 11) is 1.57. The Morgan fingerprint density at radius 2 is 1.86 bits per heavy atom. The quantitative estimate of drug-likeness (QED) is 0.738. The van der Waals surface area contributed by atoms with Gasteiger partial charge in [-0.25, -0.2) is 9.97 Å². The summed E-state index contributed by atoms with van der Waals surface area (Å²) in [4.78, 5) is 24.4. The van der Waals surface area contributed by atoms with Gasteiger partial charge in [-0.2, -0.15) is 0 Å². The van der Waals surface area contributed by atoms with Gasteiger partial charge in [-0.3, -0.25) is 4.79 Å². The zero-order chi connectivity index (χ0) is 20.4. The van der Waals surface area contributed by atoms with Crippen molar-refractivity contribution in [2.45, 2.75) is 26.3 Å². The number of ether oxygens (including phenoxy) is 1. The van der Waals surface area contributed by atoms with Crippen molar-refractivity contribution < 1.29 is 14.6 Å². The van der Waals surface area contributed by atoms with Crippen LogP contribution in [0, 0.1) is 6.92 Å². The van der Waals surface area contributed by atoms with Crippen LogP contribution in [-0.4, -0.2) is 39.5 Å². The number of aromatic hydroxyl groups is 1. The first-order valence-corrected chi connectivity index (χ1v) is 9.65. The summed E-state index contributed by atoms with van der Waals surface area (Å²) in [5, 5.41) is 9.63. The number of aromatic nitrogens is 2. The Bertz CT molecular complexity index is 1050. The van der Waals surface area contributed by atoms with Crippen LogP contribution in [0.2, 0.25) is 0 Å². The molecule has 29 heavy (non-hydrogen) atoms. The van der Waals surface area contributed by atoms with E-state index in [2.05, 4.69) is 9.97 Å². The predicted molar refractivity (Wildman–Crippen MR) is 110 cm³/mol. The summed E-state index contributed by atoms with van der Waals surface area (Å²) >= 11 is 0. The van der Waals surface area contributed by atoms with E-state index in [9.17, 15) is 9.90 Å². The normalized spacial score (nSPS) is 13.5. The summed E-state index contributed by atoms with van der Waals surface area (Å²) in [6.45, 7) is 2.96. The Labute approximate surface area is 169 Å². The highest BCUT2D eigenvalue weighted by molar-refractivity contribution is 5.97. The second kappa shape index (κ2) is 7.91. The largest absolute Gasteiger partial charge is 0.508 e. The monoisotopic (exact) mass is 389 g/mol. The number of phenolic OH excluding ortho intramolecular Hbond substituents is 1. The van der Waals surface area contributed by atoms with Gasteiger partial charge in [0.2, 0.25) is 0 Å². The molecule has 2 aromatic carbocycles. The van der Waals surface area contributed by atoms with Crippen LogP contribution in [0.5, 0.6) is 11.5 Å². The highest BCUT2D eigenvalue weighted by Crippen LogP contribution is 2.30. The van der Waals surface area contributed by atoms with E-state index < -0.39 is 0 Å². The third kappa shape index (κ3) is 3.78.